The zero-order chi connectivity index (χ0) is 19.5. The molecule has 1 fully saturated rings. The van der Waals surface area contributed by atoms with Gasteiger partial charge < -0.3 is 20.9 Å². The van der Waals surface area contributed by atoms with E-state index in [0.29, 0.717) is 16.5 Å². The number of nitrogens with zero attached hydrogens (tertiary/aromatic N) is 4. The molecular weight excluding hydrogens is 372 g/mol. The van der Waals surface area contributed by atoms with Crippen LogP contribution in [0.2, 0.25) is 5.02 Å². The second kappa shape index (κ2) is 7.94. The highest BCUT2D eigenvalue weighted by molar-refractivity contribution is 6.31. The number of anilines is 5. The van der Waals surface area contributed by atoms with Gasteiger partial charge in [0.15, 0.2) is 11.6 Å². The van der Waals surface area contributed by atoms with Crippen molar-refractivity contribution < 1.29 is 0 Å². The van der Waals surface area contributed by atoms with Gasteiger partial charge in [0.2, 0.25) is 0 Å². The standard InChI is InChI=1S/C21H23ClN6/c1-15-7-8-16(13-18(15)22)26-20-19(23)21(25-14-24-20)28-11-9-27(10-12-28)17-5-3-2-4-6-17/h2-8,13-14H,9-12,23H2,1H3,(H,24,25,26). The molecule has 0 saturated carbocycles. The number of nitrogens with two attached hydrogens (primary N) is 1. The number of nitrogen functional groups attached to an aromatic ring is 1. The molecule has 0 atom stereocenters. The maximum Gasteiger partial charge on any atom is 0.159 e. The number of rotatable bonds is 4. The summed E-state index contributed by atoms with van der Waals surface area (Å²) < 4.78 is 0. The van der Waals surface area contributed by atoms with E-state index >= 15 is 0 Å². The summed E-state index contributed by atoms with van der Waals surface area (Å²) in [5.74, 6) is 1.36. The summed E-state index contributed by atoms with van der Waals surface area (Å²) >= 11 is 6.22. The van der Waals surface area contributed by atoms with Crippen LogP contribution in [0.15, 0.2) is 54.9 Å². The van der Waals surface area contributed by atoms with Gasteiger partial charge in [-0.25, -0.2) is 9.97 Å². The molecule has 2 heterocycles. The van der Waals surface area contributed by atoms with Crippen molar-refractivity contribution in [2.24, 2.45) is 0 Å². The first-order chi connectivity index (χ1) is 13.6. The van der Waals surface area contributed by atoms with Crippen LogP contribution in [0.5, 0.6) is 0 Å². The van der Waals surface area contributed by atoms with Gasteiger partial charge in [-0.2, -0.15) is 0 Å². The van der Waals surface area contributed by atoms with Crippen LogP contribution in [0.3, 0.4) is 0 Å². The minimum atomic E-state index is 0.548. The summed E-state index contributed by atoms with van der Waals surface area (Å²) in [6.45, 7) is 5.52. The van der Waals surface area contributed by atoms with Gasteiger partial charge in [-0.3, -0.25) is 0 Å². The number of aromatic nitrogens is 2. The number of nitrogens with one attached hydrogen (secondary N) is 1. The van der Waals surface area contributed by atoms with E-state index < -0.39 is 0 Å². The Bertz CT molecular complexity index is 954. The minimum absolute atomic E-state index is 0.548. The van der Waals surface area contributed by atoms with Gasteiger partial charge in [0, 0.05) is 42.6 Å². The molecule has 144 valence electrons. The van der Waals surface area contributed by atoms with E-state index in [1.165, 1.54) is 5.69 Å². The lowest BCUT2D eigenvalue weighted by Gasteiger charge is -2.37. The van der Waals surface area contributed by atoms with E-state index in [-0.39, 0.29) is 0 Å². The molecule has 0 aliphatic carbocycles. The summed E-state index contributed by atoms with van der Waals surface area (Å²) in [4.78, 5) is 13.3. The Morgan fingerprint density at radius 1 is 0.964 bits per heavy atom. The van der Waals surface area contributed by atoms with E-state index in [9.17, 15) is 0 Å². The zero-order valence-corrected chi connectivity index (χ0v) is 16.5. The lowest BCUT2D eigenvalue weighted by molar-refractivity contribution is 0.647. The van der Waals surface area contributed by atoms with Crippen molar-refractivity contribution >= 4 is 40.3 Å². The fraction of sp³-hybridized carbons (Fsp3) is 0.238. The van der Waals surface area contributed by atoms with Crippen molar-refractivity contribution in [3.63, 3.8) is 0 Å². The lowest BCUT2D eigenvalue weighted by Crippen LogP contribution is -2.47. The average molecular weight is 395 g/mol. The first kappa shape index (κ1) is 18.4. The van der Waals surface area contributed by atoms with Crippen LogP contribution in [-0.2, 0) is 0 Å². The van der Waals surface area contributed by atoms with Gasteiger partial charge in [-0.05, 0) is 36.8 Å². The van der Waals surface area contributed by atoms with Crippen molar-refractivity contribution in [2.75, 3.05) is 47.0 Å². The summed E-state index contributed by atoms with van der Waals surface area (Å²) in [5.41, 5.74) is 10.1. The maximum atomic E-state index is 6.40. The van der Waals surface area contributed by atoms with Crippen LogP contribution in [0.4, 0.5) is 28.7 Å². The third-order valence-corrected chi connectivity index (χ3v) is 5.41. The molecule has 3 aromatic rings. The number of aryl methyl sites for hydroxylation is 1. The van der Waals surface area contributed by atoms with Crippen molar-refractivity contribution in [3.8, 4) is 0 Å². The van der Waals surface area contributed by atoms with Gasteiger partial charge >= 0.3 is 0 Å². The fourth-order valence-corrected chi connectivity index (χ4v) is 3.54. The molecule has 1 aromatic heterocycles. The first-order valence-corrected chi connectivity index (χ1v) is 9.68. The largest absolute Gasteiger partial charge is 0.393 e. The van der Waals surface area contributed by atoms with E-state index in [1.54, 1.807) is 6.33 Å². The van der Waals surface area contributed by atoms with Gasteiger partial charge in [0.25, 0.3) is 0 Å². The topological polar surface area (TPSA) is 70.3 Å². The molecule has 0 spiro atoms. The van der Waals surface area contributed by atoms with Crippen LogP contribution >= 0.6 is 11.6 Å². The highest BCUT2D eigenvalue weighted by Gasteiger charge is 2.21. The molecule has 4 rings (SSSR count). The van der Waals surface area contributed by atoms with Crippen LogP contribution in [0.25, 0.3) is 0 Å². The van der Waals surface area contributed by atoms with Crippen molar-refractivity contribution in [3.05, 3.63) is 65.4 Å². The van der Waals surface area contributed by atoms with Gasteiger partial charge in [0.1, 0.15) is 12.0 Å². The minimum Gasteiger partial charge on any atom is -0.393 e. The Hall–Kier alpha value is -2.99. The van der Waals surface area contributed by atoms with Crippen LogP contribution in [0, 0.1) is 6.92 Å². The molecule has 6 nitrogen and oxygen atoms in total. The predicted octanol–water partition coefficient (Wildman–Crippen LogP) is 4.09. The van der Waals surface area contributed by atoms with E-state index in [2.05, 4.69) is 49.4 Å². The van der Waals surface area contributed by atoms with Gasteiger partial charge in [-0.1, -0.05) is 35.9 Å². The molecule has 2 aromatic carbocycles. The molecule has 1 saturated heterocycles. The Balaban J connectivity index is 1.49. The third kappa shape index (κ3) is 3.82. The Labute approximate surface area is 170 Å². The SMILES string of the molecule is Cc1ccc(Nc2ncnc(N3CCN(c4ccccc4)CC3)c2N)cc1Cl. The molecule has 28 heavy (non-hydrogen) atoms. The Morgan fingerprint density at radius 2 is 1.68 bits per heavy atom. The summed E-state index contributed by atoms with van der Waals surface area (Å²) in [6.07, 6.45) is 1.55. The van der Waals surface area contributed by atoms with Crippen LogP contribution in [-0.4, -0.2) is 36.1 Å². The number of piperazine rings is 1. The van der Waals surface area contributed by atoms with E-state index in [4.69, 9.17) is 17.3 Å². The smallest absolute Gasteiger partial charge is 0.159 e. The second-order valence-electron chi connectivity index (χ2n) is 6.86. The molecule has 0 bridgehead atoms. The Kier molecular flexibility index (Phi) is 5.21. The zero-order valence-electron chi connectivity index (χ0n) is 15.8. The summed E-state index contributed by atoms with van der Waals surface area (Å²) in [5, 5.41) is 3.96. The average Bonchev–Trinajstić information content (AvgIpc) is 2.73. The number of halogens is 1. The van der Waals surface area contributed by atoms with Crippen molar-refractivity contribution in [2.45, 2.75) is 6.92 Å². The van der Waals surface area contributed by atoms with E-state index in [0.717, 1.165) is 43.2 Å². The highest BCUT2D eigenvalue weighted by atomic mass is 35.5. The number of hydrogen-bond acceptors (Lipinski definition) is 6. The summed E-state index contributed by atoms with van der Waals surface area (Å²) in [6, 6.07) is 16.3. The highest BCUT2D eigenvalue weighted by Crippen LogP contribution is 2.30. The maximum absolute atomic E-state index is 6.40. The van der Waals surface area contributed by atoms with E-state index in [1.807, 2.05) is 31.2 Å². The molecule has 0 radical (unpaired) electrons. The lowest BCUT2D eigenvalue weighted by atomic mass is 10.2. The molecule has 0 unspecified atom stereocenters. The number of hydrogen-bond donors (Lipinski definition) is 2. The first-order valence-electron chi connectivity index (χ1n) is 9.30. The molecule has 3 N–H and O–H groups in total. The van der Waals surface area contributed by atoms with Crippen LogP contribution in [0.1, 0.15) is 5.56 Å². The molecular formula is C21H23ClN6. The monoisotopic (exact) mass is 394 g/mol. The molecule has 1 aliphatic heterocycles. The Morgan fingerprint density at radius 3 is 2.39 bits per heavy atom. The van der Waals surface area contributed by atoms with Gasteiger partial charge in [0.05, 0.1) is 0 Å². The fourth-order valence-electron chi connectivity index (χ4n) is 3.36. The van der Waals surface area contributed by atoms with Gasteiger partial charge in [-0.15, -0.1) is 0 Å². The summed E-state index contributed by atoms with van der Waals surface area (Å²) in [7, 11) is 0. The molecule has 1 aliphatic rings. The molecule has 0 amide bonds. The van der Waals surface area contributed by atoms with Crippen LogP contribution < -0.4 is 20.9 Å². The number of benzene rings is 2. The van der Waals surface area contributed by atoms with Crippen molar-refractivity contribution in [1.29, 1.82) is 0 Å². The van der Waals surface area contributed by atoms with Crippen molar-refractivity contribution in [1.82, 2.24) is 9.97 Å². The second-order valence-corrected chi connectivity index (χ2v) is 7.27. The third-order valence-electron chi connectivity index (χ3n) is 5.00. The molecule has 7 heteroatoms. The normalized spacial score (nSPS) is 14.2. The quantitative estimate of drug-likeness (QED) is 0.694. The predicted molar refractivity (Wildman–Crippen MR) is 117 cm³/mol. The number of para-hydroxylation sites is 1.